The SMILES string of the molecule is CCn1nc(C)c(N)c1NCCCOCCOC. The van der Waals surface area contributed by atoms with Gasteiger partial charge in [-0.3, -0.25) is 0 Å². The molecule has 1 rings (SSSR count). The van der Waals surface area contributed by atoms with E-state index in [2.05, 4.69) is 10.4 Å². The van der Waals surface area contributed by atoms with Gasteiger partial charge in [-0.25, -0.2) is 4.68 Å². The van der Waals surface area contributed by atoms with Crippen LogP contribution in [0.1, 0.15) is 19.0 Å². The molecule has 0 saturated heterocycles. The molecule has 0 unspecified atom stereocenters. The minimum absolute atomic E-state index is 0.641. The molecule has 1 aromatic rings. The zero-order chi connectivity index (χ0) is 13.4. The van der Waals surface area contributed by atoms with E-state index in [0.29, 0.717) is 13.2 Å². The predicted octanol–water partition coefficient (Wildman–Crippen LogP) is 1.26. The maximum absolute atomic E-state index is 5.97. The Hall–Kier alpha value is -1.27. The van der Waals surface area contributed by atoms with Crippen LogP contribution in [0.2, 0.25) is 0 Å². The molecule has 0 saturated carbocycles. The van der Waals surface area contributed by atoms with Gasteiger partial charge in [0.2, 0.25) is 0 Å². The topological polar surface area (TPSA) is 74.3 Å². The van der Waals surface area contributed by atoms with Crippen LogP contribution in [0.15, 0.2) is 0 Å². The fraction of sp³-hybridized carbons (Fsp3) is 0.750. The number of anilines is 2. The average molecular weight is 256 g/mol. The Morgan fingerprint density at radius 1 is 1.33 bits per heavy atom. The van der Waals surface area contributed by atoms with E-state index < -0.39 is 0 Å². The molecule has 0 fully saturated rings. The van der Waals surface area contributed by atoms with Crippen molar-refractivity contribution >= 4 is 11.5 Å². The molecular formula is C12H24N4O2. The minimum atomic E-state index is 0.641. The van der Waals surface area contributed by atoms with Crippen molar-refractivity contribution in [3.05, 3.63) is 5.69 Å². The Kier molecular flexibility index (Phi) is 6.53. The second-order valence-corrected chi connectivity index (χ2v) is 4.05. The second-order valence-electron chi connectivity index (χ2n) is 4.05. The number of nitrogens with two attached hydrogens (primary N) is 1. The van der Waals surface area contributed by atoms with Crippen molar-refractivity contribution in [2.75, 3.05) is 44.5 Å². The van der Waals surface area contributed by atoms with Crippen molar-refractivity contribution in [3.63, 3.8) is 0 Å². The number of hydrogen-bond donors (Lipinski definition) is 2. The average Bonchev–Trinajstić information content (AvgIpc) is 2.65. The summed E-state index contributed by atoms with van der Waals surface area (Å²) in [5.74, 6) is 0.909. The summed E-state index contributed by atoms with van der Waals surface area (Å²) < 4.78 is 12.2. The van der Waals surface area contributed by atoms with Gasteiger partial charge in [0.1, 0.15) is 5.82 Å². The Balaban J connectivity index is 2.26. The van der Waals surface area contributed by atoms with Crippen LogP contribution in [0.25, 0.3) is 0 Å². The Morgan fingerprint density at radius 2 is 2.11 bits per heavy atom. The number of aryl methyl sites for hydroxylation is 2. The molecule has 0 atom stereocenters. The molecule has 18 heavy (non-hydrogen) atoms. The van der Waals surface area contributed by atoms with Crippen molar-refractivity contribution < 1.29 is 9.47 Å². The van der Waals surface area contributed by atoms with Gasteiger partial charge in [-0.05, 0) is 20.3 Å². The van der Waals surface area contributed by atoms with E-state index in [1.165, 1.54) is 0 Å². The van der Waals surface area contributed by atoms with Crippen LogP contribution in [0.4, 0.5) is 11.5 Å². The Morgan fingerprint density at radius 3 is 2.78 bits per heavy atom. The van der Waals surface area contributed by atoms with Crippen molar-refractivity contribution in [2.24, 2.45) is 0 Å². The van der Waals surface area contributed by atoms with Crippen molar-refractivity contribution in [1.82, 2.24) is 9.78 Å². The zero-order valence-corrected chi connectivity index (χ0v) is 11.5. The lowest BCUT2D eigenvalue weighted by Gasteiger charge is -2.09. The predicted molar refractivity (Wildman–Crippen MR) is 72.9 cm³/mol. The number of ether oxygens (including phenoxy) is 2. The monoisotopic (exact) mass is 256 g/mol. The normalized spacial score (nSPS) is 10.8. The Bertz CT molecular complexity index is 352. The number of nitrogens with zero attached hydrogens (tertiary/aromatic N) is 2. The highest BCUT2D eigenvalue weighted by Crippen LogP contribution is 2.21. The molecule has 0 aromatic carbocycles. The molecule has 0 bridgehead atoms. The highest BCUT2D eigenvalue weighted by molar-refractivity contribution is 5.64. The molecule has 0 aliphatic heterocycles. The first-order valence-electron chi connectivity index (χ1n) is 6.34. The molecule has 3 N–H and O–H groups in total. The third-order valence-electron chi connectivity index (χ3n) is 2.66. The minimum Gasteiger partial charge on any atom is -0.394 e. The van der Waals surface area contributed by atoms with Crippen molar-refractivity contribution in [2.45, 2.75) is 26.8 Å². The molecule has 6 heteroatoms. The Labute approximate surface area is 108 Å². The maximum Gasteiger partial charge on any atom is 0.148 e. The maximum atomic E-state index is 5.97. The highest BCUT2D eigenvalue weighted by atomic mass is 16.5. The number of aromatic nitrogens is 2. The van der Waals surface area contributed by atoms with Crippen molar-refractivity contribution in [3.8, 4) is 0 Å². The van der Waals surface area contributed by atoms with E-state index in [1.54, 1.807) is 7.11 Å². The third-order valence-corrected chi connectivity index (χ3v) is 2.66. The van der Waals surface area contributed by atoms with Gasteiger partial charge in [0.05, 0.1) is 24.6 Å². The van der Waals surface area contributed by atoms with Crippen LogP contribution in [-0.2, 0) is 16.0 Å². The first kappa shape index (κ1) is 14.8. The molecular weight excluding hydrogens is 232 g/mol. The van der Waals surface area contributed by atoms with Gasteiger partial charge in [-0.15, -0.1) is 0 Å². The van der Waals surface area contributed by atoms with Crippen LogP contribution in [0.5, 0.6) is 0 Å². The summed E-state index contributed by atoms with van der Waals surface area (Å²) in [5.41, 5.74) is 7.57. The number of methoxy groups -OCH3 is 1. The van der Waals surface area contributed by atoms with Crippen LogP contribution in [-0.4, -0.2) is 43.3 Å². The van der Waals surface area contributed by atoms with E-state index >= 15 is 0 Å². The van der Waals surface area contributed by atoms with E-state index in [0.717, 1.165) is 43.3 Å². The number of rotatable bonds is 9. The highest BCUT2D eigenvalue weighted by Gasteiger charge is 2.10. The van der Waals surface area contributed by atoms with Gasteiger partial charge in [-0.2, -0.15) is 5.10 Å². The summed E-state index contributed by atoms with van der Waals surface area (Å²) in [4.78, 5) is 0. The van der Waals surface area contributed by atoms with Crippen LogP contribution in [0, 0.1) is 6.92 Å². The summed E-state index contributed by atoms with van der Waals surface area (Å²) in [7, 11) is 1.67. The van der Waals surface area contributed by atoms with Gasteiger partial charge in [0, 0.05) is 26.8 Å². The largest absolute Gasteiger partial charge is 0.394 e. The lowest BCUT2D eigenvalue weighted by molar-refractivity contribution is 0.0705. The number of hydrogen-bond acceptors (Lipinski definition) is 5. The third kappa shape index (κ3) is 4.19. The molecule has 0 radical (unpaired) electrons. The molecule has 0 aliphatic carbocycles. The zero-order valence-electron chi connectivity index (χ0n) is 11.5. The van der Waals surface area contributed by atoms with Gasteiger partial charge >= 0.3 is 0 Å². The molecule has 0 aliphatic rings. The van der Waals surface area contributed by atoms with Gasteiger partial charge in [0.25, 0.3) is 0 Å². The lowest BCUT2D eigenvalue weighted by atomic mass is 10.3. The summed E-state index contributed by atoms with van der Waals surface area (Å²) >= 11 is 0. The van der Waals surface area contributed by atoms with Crippen LogP contribution in [0.3, 0.4) is 0 Å². The van der Waals surface area contributed by atoms with Crippen LogP contribution >= 0.6 is 0 Å². The fourth-order valence-corrected chi connectivity index (χ4v) is 1.64. The second kappa shape index (κ2) is 7.94. The van der Waals surface area contributed by atoms with Crippen LogP contribution < -0.4 is 11.1 Å². The number of nitrogens with one attached hydrogen (secondary N) is 1. The summed E-state index contributed by atoms with van der Waals surface area (Å²) in [5, 5.41) is 7.66. The van der Waals surface area contributed by atoms with E-state index in [4.69, 9.17) is 15.2 Å². The quantitative estimate of drug-likeness (QED) is 0.651. The van der Waals surface area contributed by atoms with E-state index in [9.17, 15) is 0 Å². The summed E-state index contributed by atoms with van der Waals surface area (Å²) in [6.45, 7) is 7.60. The van der Waals surface area contributed by atoms with Gasteiger partial charge in [0.15, 0.2) is 0 Å². The molecule has 1 heterocycles. The van der Waals surface area contributed by atoms with E-state index in [1.807, 2.05) is 18.5 Å². The molecule has 1 aromatic heterocycles. The van der Waals surface area contributed by atoms with Crippen molar-refractivity contribution in [1.29, 1.82) is 0 Å². The summed E-state index contributed by atoms with van der Waals surface area (Å²) in [6, 6.07) is 0. The molecule has 0 amide bonds. The molecule has 104 valence electrons. The lowest BCUT2D eigenvalue weighted by Crippen LogP contribution is -2.12. The van der Waals surface area contributed by atoms with Gasteiger partial charge in [-0.1, -0.05) is 0 Å². The summed E-state index contributed by atoms with van der Waals surface area (Å²) in [6.07, 6.45) is 0.928. The molecule has 0 spiro atoms. The first-order chi connectivity index (χ1) is 8.70. The number of nitrogen functional groups attached to an aromatic ring is 1. The molecule has 6 nitrogen and oxygen atoms in total. The van der Waals surface area contributed by atoms with Gasteiger partial charge < -0.3 is 20.5 Å². The first-order valence-corrected chi connectivity index (χ1v) is 6.34. The fourth-order valence-electron chi connectivity index (χ4n) is 1.64. The smallest absolute Gasteiger partial charge is 0.148 e. The van der Waals surface area contributed by atoms with E-state index in [-0.39, 0.29) is 0 Å². The standard InChI is InChI=1S/C12H24N4O2/c1-4-16-12(11(13)10(2)15-16)14-6-5-7-18-9-8-17-3/h14H,4-9,13H2,1-3H3.